The topological polar surface area (TPSA) is 24.7 Å². The summed E-state index contributed by atoms with van der Waals surface area (Å²) in [5.74, 6) is 0. The zero-order chi connectivity index (χ0) is 17.4. The predicted octanol–water partition coefficient (Wildman–Crippen LogP) is 8.62. The summed E-state index contributed by atoms with van der Waals surface area (Å²) in [5.41, 5.74) is 1.75. The molecule has 2 aromatic rings. The summed E-state index contributed by atoms with van der Waals surface area (Å²) in [6.07, 6.45) is 0. The molecule has 0 atom stereocenters. The average molecular weight is 502 g/mol. The molecule has 0 heterocycles. The van der Waals surface area contributed by atoms with Gasteiger partial charge in [-0.2, -0.15) is 0 Å². The summed E-state index contributed by atoms with van der Waals surface area (Å²) in [6.45, 7) is 6.25. The minimum atomic E-state index is -0.0644. The monoisotopic (exact) mass is 500 g/mol. The molecular formula is C16H13Cl4IN2. The van der Waals surface area contributed by atoms with E-state index in [2.05, 4.69) is 53.6 Å². The molecule has 0 fully saturated rings. The van der Waals surface area contributed by atoms with Crippen molar-refractivity contribution in [2.75, 3.05) is 0 Å². The van der Waals surface area contributed by atoms with Crippen LogP contribution in [0.5, 0.6) is 0 Å². The third-order valence-corrected chi connectivity index (χ3v) is 5.63. The van der Waals surface area contributed by atoms with Gasteiger partial charge in [0.1, 0.15) is 11.4 Å². The Labute approximate surface area is 169 Å². The van der Waals surface area contributed by atoms with Crippen LogP contribution < -0.4 is 0 Å². The van der Waals surface area contributed by atoms with E-state index in [0.29, 0.717) is 31.5 Å². The lowest BCUT2D eigenvalue weighted by atomic mass is 9.87. The fraction of sp³-hybridized carbons (Fsp3) is 0.250. The van der Waals surface area contributed by atoms with Gasteiger partial charge in [-0.25, -0.2) is 0 Å². The Balaban J connectivity index is 2.48. The van der Waals surface area contributed by atoms with Crippen LogP contribution in [-0.4, -0.2) is 0 Å². The van der Waals surface area contributed by atoms with Crippen molar-refractivity contribution in [3.8, 4) is 0 Å². The van der Waals surface area contributed by atoms with Crippen LogP contribution in [0.15, 0.2) is 34.5 Å². The van der Waals surface area contributed by atoms with Gasteiger partial charge in [0.15, 0.2) is 0 Å². The van der Waals surface area contributed by atoms with Gasteiger partial charge in [0.25, 0.3) is 0 Å². The molecule has 7 heteroatoms. The van der Waals surface area contributed by atoms with Gasteiger partial charge in [0.05, 0.1) is 20.1 Å². The second-order valence-corrected chi connectivity index (χ2v) is 8.69. The highest BCUT2D eigenvalue weighted by Gasteiger charge is 2.18. The number of hydrogen-bond donors (Lipinski definition) is 0. The average Bonchev–Trinajstić information content (AvgIpc) is 2.44. The van der Waals surface area contributed by atoms with Gasteiger partial charge < -0.3 is 0 Å². The van der Waals surface area contributed by atoms with E-state index in [4.69, 9.17) is 46.4 Å². The minimum absolute atomic E-state index is 0.0644. The van der Waals surface area contributed by atoms with Crippen molar-refractivity contribution in [2.45, 2.75) is 26.2 Å². The van der Waals surface area contributed by atoms with Crippen molar-refractivity contribution < 1.29 is 0 Å². The predicted molar refractivity (Wildman–Crippen MR) is 109 cm³/mol. The number of rotatable bonds is 2. The summed E-state index contributed by atoms with van der Waals surface area (Å²) < 4.78 is 0.836. The first kappa shape index (κ1) is 19.3. The summed E-state index contributed by atoms with van der Waals surface area (Å²) in [4.78, 5) is 0. The van der Waals surface area contributed by atoms with Crippen molar-refractivity contribution in [1.29, 1.82) is 0 Å². The van der Waals surface area contributed by atoms with Crippen LogP contribution in [0, 0.1) is 3.57 Å². The van der Waals surface area contributed by atoms with Crippen molar-refractivity contribution in [2.24, 2.45) is 10.2 Å². The summed E-state index contributed by atoms with van der Waals surface area (Å²) >= 11 is 27.1. The molecule has 0 amide bonds. The van der Waals surface area contributed by atoms with Gasteiger partial charge in [0.2, 0.25) is 0 Å². The molecular weight excluding hydrogens is 489 g/mol. The molecule has 0 spiro atoms. The van der Waals surface area contributed by atoms with Crippen molar-refractivity contribution in [3.05, 3.63) is 53.5 Å². The van der Waals surface area contributed by atoms with Crippen LogP contribution in [0.4, 0.5) is 11.4 Å². The Morgan fingerprint density at radius 1 is 0.826 bits per heavy atom. The molecule has 2 aromatic carbocycles. The lowest BCUT2D eigenvalue weighted by Crippen LogP contribution is -2.10. The van der Waals surface area contributed by atoms with Gasteiger partial charge in [-0.1, -0.05) is 67.2 Å². The summed E-state index contributed by atoms with van der Waals surface area (Å²) in [7, 11) is 0. The van der Waals surface area contributed by atoms with E-state index in [1.165, 1.54) is 0 Å². The molecule has 0 radical (unpaired) electrons. The number of azo groups is 1. The molecule has 2 rings (SSSR count). The lowest BCUT2D eigenvalue weighted by molar-refractivity contribution is 0.590. The van der Waals surface area contributed by atoms with Crippen molar-refractivity contribution in [1.82, 2.24) is 0 Å². The minimum Gasteiger partial charge on any atom is -0.147 e. The SMILES string of the molecule is CC(C)(C)c1cc(Cl)c(N=Nc2c(Cl)ccc(I)c2Cl)c(Cl)c1. The van der Waals surface area contributed by atoms with E-state index < -0.39 is 0 Å². The highest BCUT2D eigenvalue weighted by molar-refractivity contribution is 14.1. The Kier molecular flexibility index (Phi) is 6.23. The molecule has 0 N–H and O–H groups in total. The van der Waals surface area contributed by atoms with E-state index >= 15 is 0 Å². The van der Waals surface area contributed by atoms with Gasteiger partial charge in [0, 0.05) is 3.57 Å². The second-order valence-electron chi connectivity index (χ2n) is 5.93. The Morgan fingerprint density at radius 2 is 1.35 bits per heavy atom. The zero-order valence-corrected chi connectivity index (χ0v) is 17.8. The summed E-state index contributed by atoms with van der Waals surface area (Å²) in [5, 5.41) is 10.0. The summed E-state index contributed by atoms with van der Waals surface area (Å²) in [6, 6.07) is 7.22. The number of benzene rings is 2. The van der Waals surface area contributed by atoms with Crippen LogP contribution >= 0.6 is 69.0 Å². The highest BCUT2D eigenvalue weighted by Crippen LogP contribution is 2.41. The van der Waals surface area contributed by atoms with E-state index in [1.807, 2.05) is 18.2 Å². The van der Waals surface area contributed by atoms with E-state index in [1.54, 1.807) is 6.07 Å². The zero-order valence-electron chi connectivity index (χ0n) is 12.6. The Hall–Kier alpha value is -0.0700. The molecule has 0 aliphatic carbocycles. The lowest BCUT2D eigenvalue weighted by Gasteiger charge is -2.20. The fourth-order valence-electron chi connectivity index (χ4n) is 1.80. The van der Waals surface area contributed by atoms with E-state index in [-0.39, 0.29) is 5.41 Å². The van der Waals surface area contributed by atoms with Gasteiger partial charge in [-0.05, 0) is 57.8 Å². The number of halogens is 5. The first-order valence-corrected chi connectivity index (χ1v) is 9.25. The molecule has 23 heavy (non-hydrogen) atoms. The molecule has 0 aliphatic heterocycles. The van der Waals surface area contributed by atoms with E-state index in [0.717, 1.165) is 9.13 Å². The molecule has 0 unspecified atom stereocenters. The van der Waals surface area contributed by atoms with Crippen LogP contribution in [-0.2, 0) is 5.41 Å². The van der Waals surface area contributed by atoms with Crippen molar-refractivity contribution in [3.63, 3.8) is 0 Å². The van der Waals surface area contributed by atoms with E-state index in [9.17, 15) is 0 Å². The third kappa shape index (κ3) is 4.51. The first-order chi connectivity index (χ1) is 10.6. The molecule has 122 valence electrons. The Morgan fingerprint density at radius 3 is 1.87 bits per heavy atom. The number of nitrogens with zero attached hydrogens (tertiary/aromatic N) is 2. The highest BCUT2D eigenvalue weighted by atomic mass is 127. The van der Waals surface area contributed by atoms with Gasteiger partial charge in [-0.15, -0.1) is 10.2 Å². The molecule has 0 saturated carbocycles. The molecule has 0 aliphatic rings. The maximum Gasteiger partial charge on any atom is 0.124 e. The van der Waals surface area contributed by atoms with Crippen molar-refractivity contribution >= 4 is 80.4 Å². The standard InChI is InChI=1S/C16H13Cl4IN2/c1-16(2,3)8-6-10(18)14(11(19)7-8)22-23-15-9(17)4-5-12(21)13(15)20/h4-7H,1-3H3. The maximum atomic E-state index is 6.31. The quantitative estimate of drug-likeness (QED) is 0.223. The van der Waals surface area contributed by atoms with Gasteiger partial charge in [-0.3, -0.25) is 0 Å². The van der Waals surface area contributed by atoms with Gasteiger partial charge >= 0.3 is 0 Å². The second kappa shape index (κ2) is 7.44. The molecule has 0 bridgehead atoms. The third-order valence-electron chi connectivity index (χ3n) is 3.15. The first-order valence-electron chi connectivity index (χ1n) is 6.66. The smallest absolute Gasteiger partial charge is 0.124 e. The Bertz CT molecular complexity index is 759. The fourth-order valence-corrected chi connectivity index (χ4v) is 3.25. The molecule has 0 aromatic heterocycles. The van der Waals surface area contributed by atoms with Crippen LogP contribution in [0.1, 0.15) is 26.3 Å². The van der Waals surface area contributed by atoms with Crippen LogP contribution in [0.25, 0.3) is 0 Å². The normalized spacial score (nSPS) is 12.2. The molecule has 0 saturated heterocycles. The maximum absolute atomic E-state index is 6.31. The largest absolute Gasteiger partial charge is 0.147 e. The molecule has 2 nitrogen and oxygen atoms in total. The van der Waals surface area contributed by atoms with Crippen LogP contribution in [0.2, 0.25) is 20.1 Å². The number of hydrogen-bond acceptors (Lipinski definition) is 2. The van der Waals surface area contributed by atoms with Crippen LogP contribution in [0.3, 0.4) is 0 Å².